The molecule has 4 heteroatoms. The summed E-state index contributed by atoms with van der Waals surface area (Å²) in [7, 11) is 4.14. The lowest BCUT2D eigenvalue weighted by atomic mass is 9.88. The van der Waals surface area contributed by atoms with Crippen molar-refractivity contribution in [3.05, 3.63) is 71.8 Å². The van der Waals surface area contributed by atoms with Gasteiger partial charge in [-0.3, -0.25) is 9.69 Å². The van der Waals surface area contributed by atoms with Crippen LogP contribution in [-0.2, 0) is 4.79 Å². The molecule has 2 aromatic rings. The normalized spacial score (nSPS) is 26.0. The van der Waals surface area contributed by atoms with Gasteiger partial charge in [0.1, 0.15) is 6.04 Å². The molecule has 4 rings (SSSR count). The molecule has 2 saturated heterocycles. The molecule has 0 aromatic heterocycles. The van der Waals surface area contributed by atoms with Gasteiger partial charge in [-0.05, 0) is 11.1 Å². The van der Waals surface area contributed by atoms with Gasteiger partial charge >= 0.3 is 0 Å². The first-order chi connectivity index (χ1) is 13.6. The Bertz CT molecular complexity index is 739. The Morgan fingerprint density at radius 2 is 1.46 bits per heavy atom. The third-order valence-corrected chi connectivity index (χ3v) is 6.96. The fraction of sp³-hybridized carbons (Fsp3) is 0.458. The van der Waals surface area contributed by atoms with Crippen molar-refractivity contribution in [3.63, 3.8) is 0 Å². The molecule has 2 aliphatic rings. The van der Waals surface area contributed by atoms with E-state index in [0.29, 0.717) is 12.1 Å². The highest BCUT2D eigenvalue weighted by Gasteiger charge is 2.46. The van der Waals surface area contributed by atoms with Crippen LogP contribution in [0.2, 0.25) is 0 Å². The van der Waals surface area contributed by atoms with Crippen molar-refractivity contribution in [2.45, 2.75) is 24.9 Å². The number of benzene rings is 2. The summed E-state index contributed by atoms with van der Waals surface area (Å²) in [6, 6.07) is 22.7. The van der Waals surface area contributed by atoms with Crippen molar-refractivity contribution in [3.8, 4) is 0 Å². The van der Waals surface area contributed by atoms with Crippen LogP contribution >= 0.6 is 0 Å². The van der Waals surface area contributed by atoms with Gasteiger partial charge in [0, 0.05) is 25.8 Å². The van der Waals surface area contributed by atoms with Crippen LogP contribution in [0.5, 0.6) is 0 Å². The maximum Gasteiger partial charge on any atom is 0.223 e. The van der Waals surface area contributed by atoms with Gasteiger partial charge in [0.15, 0.2) is 0 Å². The summed E-state index contributed by atoms with van der Waals surface area (Å²) in [5, 5.41) is 2.82. The second-order valence-electron chi connectivity index (χ2n) is 8.65. The van der Waals surface area contributed by atoms with Crippen LogP contribution in [0.3, 0.4) is 0 Å². The maximum absolute atomic E-state index is 12.0. The summed E-state index contributed by atoms with van der Waals surface area (Å²) < 4.78 is 1.11. The van der Waals surface area contributed by atoms with Crippen LogP contribution in [0.15, 0.2) is 60.7 Å². The van der Waals surface area contributed by atoms with E-state index in [1.165, 1.54) is 11.1 Å². The van der Waals surface area contributed by atoms with Crippen LogP contribution in [0.25, 0.3) is 0 Å². The molecule has 4 nitrogen and oxygen atoms in total. The van der Waals surface area contributed by atoms with Gasteiger partial charge in [-0.1, -0.05) is 60.7 Å². The average Bonchev–Trinajstić information content (AvgIpc) is 2.71. The molecule has 2 heterocycles. The van der Waals surface area contributed by atoms with Crippen molar-refractivity contribution >= 4 is 5.91 Å². The van der Waals surface area contributed by atoms with Crippen molar-refractivity contribution in [2.24, 2.45) is 5.92 Å². The van der Waals surface area contributed by atoms with Gasteiger partial charge in [-0.25, -0.2) is 0 Å². The van der Waals surface area contributed by atoms with Crippen LogP contribution in [0.1, 0.15) is 30.0 Å². The number of carbonyl (C=O) groups excluding carboxylic acids is 1. The molecule has 2 aliphatic heterocycles. The molecule has 148 valence electrons. The Hall–Kier alpha value is -2.17. The van der Waals surface area contributed by atoms with E-state index in [1.807, 2.05) is 0 Å². The van der Waals surface area contributed by atoms with Crippen molar-refractivity contribution in [1.82, 2.24) is 10.2 Å². The van der Waals surface area contributed by atoms with E-state index in [1.54, 1.807) is 7.05 Å². The molecule has 0 bridgehead atoms. The van der Waals surface area contributed by atoms with Gasteiger partial charge in [-0.15, -0.1) is 0 Å². The quantitative estimate of drug-likeness (QED) is 0.811. The first-order valence-electron chi connectivity index (χ1n) is 10.5. The fourth-order valence-electron chi connectivity index (χ4n) is 4.97. The SMILES string of the molecule is CNC(=O)C1CC[N+](C)(C2CN(C(c3ccccc3)c3ccccc3)C2)CC1. The molecule has 1 N–H and O–H groups in total. The number of piperidine rings is 1. The predicted octanol–water partition coefficient (Wildman–Crippen LogP) is 3.06. The Morgan fingerprint density at radius 1 is 0.964 bits per heavy atom. The Labute approximate surface area is 168 Å². The number of quaternary nitrogens is 1. The lowest BCUT2D eigenvalue weighted by Crippen LogP contribution is -2.69. The lowest BCUT2D eigenvalue weighted by molar-refractivity contribution is -0.943. The van der Waals surface area contributed by atoms with Gasteiger partial charge in [-0.2, -0.15) is 0 Å². The molecular weight excluding hydrogens is 346 g/mol. The van der Waals surface area contributed by atoms with Crippen molar-refractivity contribution in [2.75, 3.05) is 40.3 Å². The number of likely N-dealkylation sites (N-methyl/N-ethyl adjacent to an activating group) is 1. The zero-order valence-electron chi connectivity index (χ0n) is 17.1. The van der Waals surface area contributed by atoms with Crippen molar-refractivity contribution in [1.29, 1.82) is 0 Å². The standard InChI is InChI=1S/C24H31N3O/c1-25-24(28)21-13-15-27(2,16-14-21)22-17-26(18-22)23(19-9-5-3-6-10-19)20-11-7-4-8-12-20/h3-12,21-23H,13-18H2,1-2H3/p+1. The molecule has 0 aliphatic carbocycles. The minimum absolute atomic E-state index is 0.203. The zero-order chi connectivity index (χ0) is 19.6. The number of nitrogens with one attached hydrogen (secondary N) is 1. The monoisotopic (exact) mass is 378 g/mol. The van der Waals surface area contributed by atoms with E-state index >= 15 is 0 Å². The average molecular weight is 379 g/mol. The second kappa shape index (κ2) is 8.06. The summed E-state index contributed by atoms with van der Waals surface area (Å²) in [4.78, 5) is 14.6. The molecule has 0 radical (unpaired) electrons. The largest absolute Gasteiger partial charge is 0.359 e. The van der Waals surface area contributed by atoms with Gasteiger partial charge in [0.05, 0.1) is 39.3 Å². The van der Waals surface area contributed by atoms with E-state index in [0.717, 1.165) is 43.5 Å². The highest BCUT2D eigenvalue weighted by Crippen LogP contribution is 2.36. The molecular formula is C24H32N3O+. The van der Waals surface area contributed by atoms with Gasteiger partial charge < -0.3 is 9.80 Å². The second-order valence-corrected chi connectivity index (χ2v) is 8.65. The summed E-state index contributed by atoms with van der Waals surface area (Å²) in [5.41, 5.74) is 2.74. The van der Waals surface area contributed by atoms with Crippen LogP contribution in [0, 0.1) is 5.92 Å². The minimum Gasteiger partial charge on any atom is -0.359 e. The first kappa shape index (κ1) is 19.2. The summed E-state index contributed by atoms with van der Waals surface area (Å²) in [5.74, 6) is 0.420. The number of carbonyl (C=O) groups is 1. The number of hydrogen-bond acceptors (Lipinski definition) is 2. The molecule has 1 amide bonds. The first-order valence-corrected chi connectivity index (χ1v) is 10.5. The Kier molecular flexibility index (Phi) is 5.51. The molecule has 0 saturated carbocycles. The third-order valence-electron chi connectivity index (χ3n) is 6.96. The maximum atomic E-state index is 12.0. The van der Waals surface area contributed by atoms with Crippen LogP contribution in [-0.4, -0.2) is 61.6 Å². The van der Waals surface area contributed by atoms with E-state index < -0.39 is 0 Å². The summed E-state index contributed by atoms with van der Waals surface area (Å²) >= 11 is 0. The highest BCUT2D eigenvalue weighted by atomic mass is 16.1. The molecule has 0 atom stereocenters. The van der Waals surface area contributed by atoms with Crippen molar-refractivity contribution < 1.29 is 9.28 Å². The van der Waals surface area contributed by atoms with E-state index in [9.17, 15) is 4.79 Å². The third kappa shape index (κ3) is 3.71. The van der Waals surface area contributed by atoms with Crippen LogP contribution < -0.4 is 5.32 Å². The van der Waals surface area contributed by atoms with E-state index in [4.69, 9.17) is 0 Å². The van der Waals surface area contributed by atoms with Gasteiger partial charge in [0.25, 0.3) is 0 Å². The molecule has 2 fully saturated rings. The minimum atomic E-state index is 0.203. The molecule has 2 aromatic carbocycles. The topological polar surface area (TPSA) is 32.3 Å². The highest BCUT2D eigenvalue weighted by molar-refractivity contribution is 5.78. The number of likely N-dealkylation sites (tertiary alicyclic amines) is 2. The number of nitrogens with zero attached hydrogens (tertiary/aromatic N) is 2. The fourth-order valence-corrected chi connectivity index (χ4v) is 4.97. The number of rotatable bonds is 5. The van der Waals surface area contributed by atoms with E-state index in [-0.39, 0.29) is 11.8 Å². The molecule has 0 unspecified atom stereocenters. The molecule has 0 spiro atoms. The molecule has 28 heavy (non-hydrogen) atoms. The number of hydrogen-bond donors (Lipinski definition) is 1. The smallest absolute Gasteiger partial charge is 0.223 e. The Morgan fingerprint density at radius 3 is 1.93 bits per heavy atom. The predicted molar refractivity (Wildman–Crippen MR) is 113 cm³/mol. The number of amides is 1. The zero-order valence-corrected chi connectivity index (χ0v) is 17.1. The summed E-state index contributed by atoms with van der Waals surface area (Å²) in [6.45, 7) is 4.46. The van der Waals surface area contributed by atoms with Gasteiger partial charge in [0.2, 0.25) is 5.91 Å². The van der Waals surface area contributed by atoms with Crippen LogP contribution in [0.4, 0.5) is 0 Å². The Balaban J connectivity index is 1.45. The lowest BCUT2D eigenvalue weighted by Gasteiger charge is -2.54. The summed E-state index contributed by atoms with van der Waals surface area (Å²) in [6.07, 6.45) is 2.01. The van der Waals surface area contributed by atoms with E-state index in [2.05, 4.69) is 77.9 Å².